The van der Waals surface area contributed by atoms with E-state index < -0.39 is 0 Å². The summed E-state index contributed by atoms with van der Waals surface area (Å²) >= 11 is 1.88. The summed E-state index contributed by atoms with van der Waals surface area (Å²) in [5.41, 5.74) is 2.84. The van der Waals surface area contributed by atoms with Gasteiger partial charge in [0.25, 0.3) is 0 Å². The van der Waals surface area contributed by atoms with E-state index in [-0.39, 0.29) is 5.54 Å². The SMILES string of the molecule is Cc1ccsc1CN1CC(C)(c2ccccc2)NCC1C. The van der Waals surface area contributed by atoms with Gasteiger partial charge in [-0.15, -0.1) is 11.3 Å². The average Bonchev–Trinajstić information content (AvgIpc) is 2.89. The number of hydrogen-bond acceptors (Lipinski definition) is 3. The van der Waals surface area contributed by atoms with Gasteiger partial charge in [-0.05, 0) is 43.3 Å². The van der Waals surface area contributed by atoms with Crippen LogP contribution in [0.2, 0.25) is 0 Å². The molecular weight excluding hydrogens is 276 g/mol. The van der Waals surface area contributed by atoms with Crippen molar-refractivity contribution >= 4 is 11.3 Å². The summed E-state index contributed by atoms with van der Waals surface area (Å²) in [6.45, 7) is 10.0. The molecule has 3 heteroatoms. The highest BCUT2D eigenvalue weighted by atomic mass is 32.1. The lowest BCUT2D eigenvalue weighted by Gasteiger charge is -2.45. The zero-order valence-corrected chi connectivity index (χ0v) is 13.9. The predicted molar refractivity (Wildman–Crippen MR) is 90.7 cm³/mol. The highest BCUT2D eigenvalue weighted by Crippen LogP contribution is 2.28. The van der Waals surface area contributed by atoms with Crippen LogP contribution in [0.25, 0.3) is 0 Å². The van der Waals surface area contributed by atoms with E-state index in [1.807, 2.05) is 11.3 Å². The van der Waals surface area contributed by atoms with E-state index in [0.29, 0.717) is 6.04 Å². The fourth-order valence-corrected chi connectivity index (χ4v) is 4.01. The Morgan fingerprint density at radius 1 is 1.29 bits per heavy atom. The number of aryl methyl sites for hydroxylation is 1. The summed E-state index contributed by atoms with van der Waals surface area (Å²) in [6, 6.07) is 13.6. The largest absolute Gasteiger partial charge is 0.305 e. The molecule has 0 aliphatic carbocycles. The zero-order chi connectivity index (χ0) is 14.9. The number of nitrogens with one attached hydrogen (secondary N) is 1. The second kappa shape index (κ2) is 5.91. The maximum Gasteiger partial charge on any atom is 0.0535 e. The van der Waals surface area contributed by atoms with Crippen LogP contribution in [-0.4, -0.2) is 24.0 Å². The molecule has 1 N–H and O–H groups in total. The Balaban J connectivity index is 1.80. The quantitative estimate of drug-likeness (QED) is 0.928. The van der Waals surface area contributed by atoms with E-state index in [0.717, 1.165) is 19.6 Å². The number of benzene rings is 1. The Bertz CT molecular complexity index is 592. The molecule has 1 aromatic heterocycles. The molecule has 2 heterocycles. The molecule has 1 aliphatic heterocycles. The molecule has 21 heavy (non-hydrogen) atoms. The van der Waals surface area contributed by atoms with Crippen molar-refractivity contribution in [1.29, 1.82) is 0 Å². The zero-order valence-electron chi connectivity index (χ0n) is 13.1. The van der Waals surface area contributed by atoms with E-state index >= 15 is 0 Å². The first-order valence-corrected chi connectivity index (χ1v) is 8.54. The van der Waals surface area contributed by atoms with Gasteiger partial charge < -0.3 is 5.32 Å². The third-order valence-electron chi connectivity index (χ3n) is 4.66. The Labute approximate surface area is 131 Å². The van der Waals surface area contributed by atoms with Crippen LogP contribution in [0, 0.1) is 6.92 Å². The molecule has 0 saturated carbocycles. The monoisotopic (exact) mass is 300 g/mol. The predicted octanol–water partition coefficient (Wildman–Crippen LogP) is 3.77. The second-order valence-electron chi connectivity index (χ2n) is 6.36. The molecule has 112 valence electrons. The van der Waals surface area contributed by atoms with Crippen molar-refractivity contribution in [2.45, 2.75) is 38.9 Å². The number of hydrogen-bond donors (Lipinski definition) is 1. The van der Waals surface area contributed by atoms with Crippen molar-refractivity contribution < 1.29 is 0 Å². The van der Waals surface area contributed by atoms with Gasteiger partial charge >= 0.3 is 0 Å². The molecule has 0 spiro atoms. The van der Waals surface area contributed by atoms with Crippen LogP contribution in [-0.2, 0) is 12.1 Å². The third kappa shape index (κ3) is 3.05. The van der Waals surface area contributed by atoms with Gasteiger partial charge in [-0.2, -0.15) is 0 Å². The maximum atomic E-state index is 3.75. The Morgan fingerprint density at radius 3 is 2.71 bits per heavy atom. The molecule has 1 fully saturated rings. The van der Waals surface area contributed by atoms with Crippen LogP contribution in [0.1, 0.15) is 29.9 Å². The molecule has 3 rings (SSSR count). The molecular formula is C18H24N2S. The lowest BCUT2D eigenvalue weighted by Crippen LogP contribution is -2.59. The van der Waals surface area contributed by atoms with Gasteiger partial charge in [-0.3, -0.25) is 4.90 Å². The minimum Gasteiger partial charge on any atom is -0.305 e. The van der Waals surface area contributed by atoms with Crippen molar-refractivity contribution in [2.75, 3.05) is 13.1 Å². The van der Waals surface area contributed by atoms with Gasteiger partial charge in [-0.25, -0.2) is 0 Å². The third-order valence-corrected chi connectivity index (χ3v) is 5.66. The lowest BCUT2D eigenvalue weighted by molar-refractivity contribution is 0.0886. The van der Waals surface area contributed by atoms with Crippen molar-refractivity contribution in [3.8, 4) is 0 Å². The van der Waals surface area contributed by atoms with Crippen molar-refractivity contribution in [3.63, 3.8) is 0 Å². The van der Waals surface area contributed by atoms with Gasteiger partial charge in [0, 0.05) is 30.6 Å². The first-order chi connectivity index (χ1) is 10.1. The second-order valence-corrected chi connectivity index (χ2v) is 7.36. The summed E-state index contributed by atoms with van der Waals surface area (Å²) in [5, 5.41) is 5.95. The first kappa shape index (κ1) is 14.8. The van der Waals surface area contributed by atoms with Gasteiger partial charge in [0.2, 0.25) is 0 Å². The van der Waals surface area contributed by atoms with Crippen molar-refractivity contribution in [3.05, 3.63) is 57.8 Å². The fourth-order valence-electron chi connectivity index (χ4n) is 3.08. The lowest BCUT2D eigenvalue weighted by atomic mass is 9.88. The van der Waals surface area contributed by atoms with Gasteiger partial charge in [0.15, 0.2) is 0 Å². The van der Waals surface area contributed by atoms with Crippen LogP contribution >= 0.6 is 11.3 Å². The molecule has 1 aliphatic rings. The summed E-state index contributed by atoms with van der Waals surface area (Å²) in [5.74, 6) is 0. The minimum atomic E-state index is 0.0406. The van der Waals surface area contributed by atoms with E-state index in [9.17, 15) is 0 Å². The van der Waals surface area contributed by atoms with Crippen LogP contribution in [0.3, 0.4) is 0 Å². The van der Waals surface area contributed by atoms with Crippen molar-refractivity contribution in [1.82, 2.24) is 10.2 Å². The molecule has 0 bridgehead atoms. The standard InChI is InChI=1S/C18H24N2S/c1-14-9-10-21-17(14)12-20-13-18(3,19-11-15(20)2)16-7-5-4-6-8-16/h4-10,15,19H,11-13H2,1-3H3. The molecule has 2 aromatic rings. The highest BCUT2D eigenvalue weighted by molar-refractivity contribution is 7.10. The number of piperazine rings is 1. The topological polar surface area (TPSA) is 15.3 Å². The summed E-state index contributed by atoms with van der Waals surface area (Å²) < 4.78 is 0. The average molecular weight is 300 g/mol. The Morgan fingerprint density at radius 2 is 2.05 bits per heavy atom. The van der Waals surface area contributed by atoms with E-state index in [2.05, 4.69) is 72.8 Å². The smallest absolute Gasteiger partial charge is 0.0535 e. The Hall–Kier alpha value is -1.16. The molecule has 1 aromatic carbocycles. The van der Waals surface area contributed by atoms with Crippen LogP contribution in [0.4, 0.5) is 0 Å². The number of nitrogens with zero attached hydrogens (tertiary/aromatic N) is 1. The van der Waals surface area contributed by atoms with Gasteiger partial charge in [0.05, 0.1) is 5.54 Å². The van der Waals surface area contributed by atoms with Gasteiger partial charge in [0.1, 0.15) is 0 Å². The number of rotatable bonds is 3. The molecule has 1 saturated heterocycles. The highest BCUT2D eigenvalue weighted by Gasteiger charge is 2.35. The normalized spacial score (nSPS) is 26.9. The van der Waals surface area contributed by atoms with E-state index in [1.165, 1.54) is 16.0 Å². The Kier molecular flexibility index (Phi) is 4.16. The van der Waals surface area contributed by atoms with Gasteiger partial charge in [-0.1, -0.05) is 30.3 Å². The fraction of sp³-hybridized carbons (Fsp3) is 0.444. The van der Waals surface area contributed by atoms with E-state index in [4.69, 9.17) is 0 Å². The van der Waals surface area contributed by atoms with E-state index in [1.54, 1.807) is 0 Å². The van der Waals surface area contributed by atoms with Crippen LogP contribution in [0.15, 0.2) is 41.8 Å². The molecule has 2 unspecified atom stereocenters. The van der Waals surface area contributed by atoms with Crippen molar-refractivity contribution in [2.24, 2.45) is 0 Å². The molecule has 0 amide bonds. The van der Waals surface area contributed by atoms with Crippen LogP contribution in [0.5, 0.6) is 0 Å². The van der Waals surface area contributed by atoms with Crippen LogP contribution < -0.4 is 5.32 Å². The number of thiophene rings is 1. The molecule has 2 atom stereocenters. The molecule has 2 nitrogen and oxygen atoms in total. The molecule has 0 radical (unpaired) electrons. The summed E-state index contributed by atoms with van der Waals surface area (Å²) in [7, 11) is 0. The summed E-state index contributed by atoms with van der Waals surface area (Å²) in [4.78, 5) is 4.11. The first-order valence-electron chi connectivity index (χ1n) is 7.66. The maximum absolute atomic E-state index is 3.75. The summed E-state index contributed by atoms with van der Waals surface area (Å²) in [6.07, 6.45) is 0. The minimum absolute atomic E-state index is 0.0406.